The van der Waals surface area contributed by atoms with Crippen molar-refractivity contribution in [1.29, 1.82) is 0 Å². The van der Waals surface area contributed by atoms with E-state index in [9.17, 15) is 9.00 Å². The number of likely N-dealkylation sites (tertiary alicyclic amines) is 1. The number of amides is 1. The van der Waals surface area contributed by atoms with Gasteiger partial charge in [-0.05, 0) is 59.7 Å². The molecule has 8 heteroatoms. The smallest absolute Gasteiger partial charge is 0.410 e. The number of hydrogen-bond acceptors (Lipinski definition) is 4. The minimum absolute atomic E-state index is 0.0839. The van der Waals surface area contributed by atoms with Crippen molar-refractivity contribution in [3.8, 4) is 5.75 Å². The van der Waals surface area contributed by atoms with Crippen LogP contribution >= 0.6 is 15.9 Å². The highest BCUT2D eigenvalue weighted by molar-refractivity contribution is 9.10. The molecular weight excluding hydrogens is 468 g/mol. The summed E-state index contributed by atoms with van der Waals surface area (Å²) in [4.78, 5) is 14.2. The number of ether oxygens (including phenoxy) is 2. The Morgan fingerprint density at radius 2 is 1.87 bits per heavy atom. The Hall–Kier alpha value is -1.12. The van der Waals surface area contributed by atoms with E-state index in [4.69, 9.17) is 9.47 Å². The molecule has 2 atom stereocenters. The molecule has 1 spiro atoms. The topological polar surface area (TPSA) is 67.9 Å². The van der Waals surface area contributed by atoms with E-state index in [1.165, 1.54) is 0 Å². The van der Waals surface area contributed by atoms with Gasteiger partial charge in [-0.2, -0.15) is 0 Å². The van der Waals surface area contributed by atoms with Crippen molar-refractivity contribution < 1.29 is 18.5 Å². The van der Waals surface area contributed by atoms with Gasteiger partial charge in [0.25, 0.3) is 0 Å². The van der Waals surface area contributed by atoms with Gasteiger partial charge >= 0.3 is 6.09 Å². The molecule has 1 N–H and O–H groups in total. The molecule has 30 heavy (non-hydrogen) atoms. The summed E-state index contributed by atoms with van der Waals surface area (Å²) in [6, 6.07) is 5.88. The van der Waals surface area contributed by atoms with Crippen molar-refractivity contribution in [2.24, 2.45) is 0 Å². The van der Waals surface area contributed by atoms with Gasteiger partial charge in [0, 0.05) is 42.4 Å². The van der Waals surface area contributed by atoms with Gasteiger partial charge in [-0.25, -0.2) is 13.7 Å². The Bertz CT molecular complexity index is 823. The van der Waals surface area contributed by atoms with E-state index >= 15 is 0 Å². The number of nitrogens with zero attached hydrogens (tertiary/aromatic N) is 1. The molecule has 2 aliphatic rings. The molecule has 0 bridgehead atoms. The number of nitrogens with one attached hydrogen (secondary N) is 1. The van der Waals surface area contributed by atoms with Gasteiger partial charge in [-0.15, -0.1) is 0 Å². The zero-order chi connectivity index (χ0) is 22.3. The molecule has 1 fully saturated rings. The van der Waals surface area contributed by atoms with Crippen LogP contribution in [0.1, 0.15) is 72.4 Å². The second kappa shape index (κ2) is 8.43. The van der Waals surface area contributed by atoms with Crippen LogP contribution in [0.25, 0.3) is 0 Å². The molecule has 0 radical (unpaired) electrons. The monoisotopic (exact) mass is 500 g/mol. The lowest BCUT2D eigenvalue weighted by atomic mass is 9.81. The Balaban J connectivity index is 1.78. The maximum atomic E-state index is 12.9. The first-order valence-electron chi connectivity index (χ1n) is 10.4. The zero-order valence-electron chi connectivity index (χ0n) is 18.7. The van der Waals surface area contributed by atoms with Crippen molar-refractivity contribution in [3.63, 3.8) is 0 Å². The summed E-state index contributed by atoms with van der Waals surface area (Å²) >= 11 is 3.54. The highest BCUT2D eigenvalue weighted by Gasteiger charge is 2.45. The van der Waals surface area contributed by atoms with Crippen molar-refractivity contribution in [2.75, 3.05) is 13.1 Å². The van der Waals surface area contributed by atoms with Crippen molar-refractivity contribution in [1.82, 2.24) is 9.62 Å². The van der Waals surface area contributed by atoms with Crippen molar-refractivity contribution in [3.05, 3.63) is 28.2 Å². The van der Waals surface area contributed by atoms with Gasteiger partial charge in [-0.1, -0.05) is 15.9 Å². The van der Waals surface area contributed by atoms with Crippen LogP contribution in [-0.2, 0) is 15.7 Å². The summed E-state index contributed by atoms with van der Waals surface area (Å²) in [5.41, 5.74) is 0.118. The second-order valence-corrected chi connectivity index (χ2v) is 13.1. The largest absolute Gasteiger partial charge is 0.487 e. The number of carbonyl (C=O) groups is 1. The predicted molar refractivity (Wildman–Crippen MR) is 123 cm³/mol. The maximum Gasteiger partial charge on any atom is 0.410 e. The van der Waals surface area contributed by atoms with Gasteiger partial charge in [0.15, 0.2) is 0 Å². The maximum absolute atomic E-state index is 12.9. The molecule has 0 saturated carbocycles. The molecule has 1 amide bonds. The lowest BCUT2D eigenvalue weighted by Crippen LogP contribution is -2.54. The fraction of sp³-hybridized carbons (Fsp3) is 0.682. The molecule has 1 saturated heterocycles. The van der Waals surface area contributed by atoms with E-state index in [0.29, 0.717) is 32.4 Å². The van der Waals surface area contributed by atoms with Crippen LogP contribution in [0.15, 0.2) is 22.7 Å². The van der Waals surface area contributed by atoms with E-state index in [-0.39, 0.29) is 22.5 Å². The molecule has 1 unspecified atom stereocenters. The van der Waals surface area contributed by atoms with E-state index in [0.717, 1.165) is 15.8 Å². The SMILES string of the molecule is CC(C)(C)OC(=O)N1CCC2(CC1)C[C@H](NS(=O)C(C)(C)C)c1cc(Br)ccc1O2. The summed E-state index contributed by atoms with van der Waals surface area (Å²) in [5.74, 6) is 0.818. The van der Waals surface area contributed by atoms with E-state index in [2.05, 4.69) is 20.7 Å². The number of hydrogen-bond donors (Lipinski definition) is 1. The first-order chi connectivity index (χ1) is 13.8. The highest BCUT2D eigenvalue weighted by Crippen LogP contribution is 2.45. The predicted octanol–water partition coefficient (Wildman–Crippen LogP) is 5.09. The molecular formula is C22H33BrN2O4S. The van der Waals surface area contributed by atoms with E-state index in [1.807, 2.05) is 59.7 Å². The van der Waals surface area contributed by atoms with Crippen LogP contribution in [0.4, 0.5) is 4.79 Å². The molecule has 168 valence electrons. The first kappa shape index (κ1) is 23.5. The molecule has 0 aliphatic carbocycles. The number of halogens is 1. The summed E-state index contributed by atoms with van der Waals surface area (Å²) in [6.07, 6.45) is 1.85. The van der Waals surface area contributed by atoms with Crippen LogP contribution < -0.4 is 9.46 Å². The summed E-state index contributed by atoms with van der Waals surface area (Å²) in [5, 5.41) is 0. The first-order valence-corrected chi connectivity index (χ1v) is 12.4. The van der Waals surface area contributed by atoms with Gasteiger partial charge in [0.1, 0.15) is 17.0 Å². The summed E-state index contributed by atoms with van der Waals surface area (Å²) in [7, 11) is -1.20. The molecule has 1 aromatic rings. The quantitative estimate of drug-likeness (QED) is 0.613. The van der Waals surface area contributed by atoms with E-state index in [1.54, 1.807) is 4.90 Å². The Morgan fingerprint density at radius 3 is 2.43 bits per heavy atom. The number of fused-ring (bicyclic) bond motifs is 1. The zero-order valence-corrected chi connectivity index (χ0v) is 21.1. The standard InChI is InChI=1S/C22H33BrN2O4S/c1-20(2,3)29-19(26)25-11-9-22(10-12-25)14-17(24-30(27)21(4,5)6)16-13-15(23)7-8-18(16)28-22/h7-8,13,17,24H,9-12,14H2,1-6H3/t17-,30?/m0/s1. The average molecular weight is 501 g/mol. The average Bonchev–Trinajstić information content (AvgIpc) is 2.60. The molecule has 0 aromatic heterocycles. The number of benzene rings is 1. The van der Waals surface area contributed by atoms with Crippen molar-refractivity contribution in [2.45, 2.75) is 82.8 Å². The van der Waals surface area contributed by atoms with Gasteiger partial charge in [-0.3, -0.25) is 0 Å². The second-order valence-electron chi connectivity index (χ2n) is 10.2. The summed E-state index contributed by atoms with van der Waals surface area (Å²) < 4.78 is 28.8. The van der Waals surface area contributed by atoms with Crippen LogP contribution in [0.2, 0.25) is 0 Å². The minimum Gasteiger partial charge on any atom is -0.487 e. The minimum atomic E-state index is -1.20. The molecule has 2 aliphatic heterocycles. The van der Waals surface area contributed by atoms with E-state index < -0.39 is 16.6 Å². The molecule has 1 aromatic carbocycles. The normalized spacial score (nSPS) is 22.2. The molecule has 2 heterocycles. The highest BCUT2D eigenvalue weighted by atomic mass is 79.9. The lowest BCUT2D eigenvalue weighted by molar-refractivity contribution is -0.0330. The Labute approximate surface area is 190 Å². The fourth-order valence-electron chi connectivity index (χ4n) is 3.78. The third-order valence-electron chi connectivity index (χ3n) is 5.38. The van der Waals surface area contributed by atoms with Crippen LogP contribution in [-0.4, -0.2) is 44.2 Å². The number of rotatable bonds is 2. The number of piperidine rings is 1. The van der Waals surface area contributed by atoms with Gasteiger partial charge in [0.05, 0.1) is 21.8 Å². The summed E-state index contributed by atoms with van der Waals surface area (Å²) in [6.45, 7) is 12.7. The third kappa shape index (κ3) is 5.56. The Morgan fingerprint density at radius 1 is 1.23 bits per heavy atom. The van der Waals surface area contributed by atoms with Gasteiger partial charge in [0.2, 0.25) is 0 Å². The Kier molecular flexibility index (Phi) is 6.62. The number of carbonyl (C=O) groups excluding carboxylic acids is 1. The van der Waals surface area contributed by atoms with Crippen LogP contribution in [0, 0.1) is 0 Å². The molecule has 3 rings (SSSR count). The van der Waals surface area contributed by atoms with Crippen LogP contribution in [0.5, 0.6) is 5.75 Å². The lowest BCUT2D eigenvalue weighted by Gasteiger charge is -2.47. The third-order valence-corrected chi connectivity index (χ3v) is 7.49. The van der Waals surface area contributed by atoms with Gasteiger partial charge < -0.3 is 14.4 Å². The van der Waals surface area contributed by atoms with Crippen LogP contribution in [0.3, 0.4) is 0 Å². The molecule has 6 nitrogen and oxygen atoms in total. The fourth-order valence-corrected chi connectivity index (χ4v) is 4.98. The van der Waals surface area contributed by atoms with Crippen molar-refractivity contribution >= 4 is 33.0 Å².